The fourth-order valence-corrected chi connectivity index (χ4v) is 8.88. The predicted octanol–water partition coefficient (Wildman–Crippen LogP) is 15.6. The van der Waals surface area contributed by atoms with Crippen LogP contribution in [-0.2, 0) is 0 Å². The Hall–Kier alpha value is -7.68. The van der Waals surface area contributed by atoms with Gasteiger partial charge in [-0.05, 0) is 110 Å². The second-order valence-electron chi connectivity index (χ2n) is 14.9. The molecule has 2 heteroatoms. The van der Waals surface area contributed by atoms with Crippen LogP contribution >= 0.6 is 0 Å². The average Bonchev–Trinajstić information content (AvgIpc) is 3.63. The summed E-state index contributed by atoms with van der Waals surface area (Å²) >= 11 is 0. The summed E-state index contributed by atoms with van der Waals surface area (Å²) in [7, 11) is 0. The number of hydrogen-bond donors (Lipinski definition) is 0. The average molecular weight is 739 g/mol. The third-order valence-electron chi connectivity index (χ3n) is 11.5. The summed E-state index contributed by atoms with van der Waals surface area (Å²) in [5.41, 5.74) is 14.0. The van der Waals surface area contributed by atoms with Gasteiger partial charge in [-0.2, -0.15) is 0 Å². The Kier molecular flexibility index (Phi) is 8.19. The lowest BCUT2D eigenvalue weighted by atomic mass is 9.92. The molecule has 0 aliphatic rings. The molecular formula is C56H38N2. The van der Waals surface area contributed by atoms with Crippen molar-refractivity contribution in [3.05, 3.63) is 231 Å². The van der Waals surface area contributed by atoms with E-state index in [4.69, 9.17) is 0 Å². The number of benzene rings is 10. The van der Waals surface area contributed by atoms with Crippen LogP contribution in [0, 0.1) is 0 Å². The highest BCUT2D eigenvalue weighted by Crippen LogP contribution is 2.46. The number of anilines is 3. The molecule has 0 bridgehead atoms. The largest absolute Gasteiger partial charge is 0.310 e. The van der Waals surface area contributed by atoms with Crippen molar-refractivity contribution in [2.75, 3.05) is 4.90 Å². The van der Waals surface area contributed by atoms with Crippen LogP contribution in [0.4, 0.5) is 17.1 Å². The van der Waals surface area contributed by atoms with Gasteiger partial charge in [0.05, 0.1) is 16.7 Å². The smallest absolute Gasteiger partial charge is 0.0553 e. The molecule has 0 atom stereocenters. The Morgan fingerprint density at radius 2 is 0.966 bits per heavy atom. The Morgan fingerprint density at radius 1 is 0.328 bits per heavy atom. The van der Waals surface area contributed by atoms with Crippen LogP contribution in [0.25, 0.3) is 82.4 Å². The molecule has 58 heavy (non-hydrogen) atoms. The number of hydrogen-bond acceptors (Lipinski definition) is 1. The summed E-state index contributed by atoms with van der Waals surface area (Å²) < 4.78 is 2.42. The molecule has 0 saturated heterocycles. The van der Waals surface area contributed by atoms with E-state index in [1.54, 1.807) is 0 Å². The van der Waals surface area contributed by atoms with Crippen molar-refractivity contribution in [3.8, 4) is 39.1 Å². The van der Waals surface area contributed by atoms with E-state index >= 15 is 0 Å². The minimum absolute atomic E-state index is 1.09. The molecule has 0 spiro atoms. The zero-order chi connectivity index (χ0) is 38.4. The van der Waals surface area contributed by atoms with Gasteiger partial charge in [-0.3, -0.25) is 0 Å². The van der Waals surface area contributed by atoms with Gasteiger partial charge >= 0.3 is 0 Å². The topological polar surface area (TPSA) is 8.17 Å². The van der Waals surface area contributed by atoms with Gasteiger partial charge in [0.1, 0.15) is 0 Å². The fourth-order valence-electron chi connectivity index (χ4n) is 8.88. The molecule has 1 aromatic heterocycles. The Balaban J connectivity index is 1.14. The molecule has 1 heterocycles. The highest BCUT2D eigenvalue weighted by molar-refractivity contribution is 6.23. The molecule has 272 valence electrons. The van der Waals surface area contributed by atoms with E-state index in [9.17, 15) is 0 Å². The van der Waals surface area contributed by atoms with E-state index in [-0.39, 0.29) is 0 Å². The SMILES string of the molecule is c1ccc(-c2ccccc2N(c2ccc(-c3ccc4ccccc4c3)cc2)c2cccc(-c3c4ccccc4cc4c3c3ccccc3n4-c3ccccc3)c2)cc1. The van der Waals surface area contributed by atoms with Crippen molar-refractivity contribution < 1.29 is 0 Å². The first-order chi connectivity index (χ1) is 28.8. The Labute approximate surface area is 338 Å². The summed E-state index contributed by atoms with van der Waals surface area (Å²) in [6.45, 7) is 0. The maximum absolute atomic E-state index is 2.42. The molecule has 0 amide bonds. The van der Waals surface area contributed by atoms with Crippen LogP contribution in [-0.4, -0.2) is 4.57 Å². The van der Waals surface area contributed by atoms with E-state index in [1.807, 2.05) is 0 Å². The first kappa shape index (κ1) is 33.6. The number of nitrogens with zero attached hydrogens (tertiary/aromatic N) is 2. The van der Waals surface area contributed by atoms with Crippen LogP contribution in [0.1, 0.15) is 0 Å². The van der Waals surface area contributed by atoms with Crippen LogP contribution in [0.2, 0.25) is 0 Å². The van der Waals surface area contributed by atoms with Crippen molar-refractivity contribution in [1.82, 2.24) is 4.57 Å². The number of aromatic nitrogens is 1. The van der Waals surface area contributed by atoms with Gasteiger partial charge < -0.3 is 9.47 Å². The minimum Gasteiger partial charge on any atom is -0.310 e. The zero-order valence-electron chi connectivity index (χ0n) is 31.8. The molecule has 11 rings (SSSR count). The van der Waals surface area contributed by atoms with E-state index in [1.165, 1.54) is 76.7 Å². The Bertz CT molecular complexity index is 3270. The second kappa shape index (κ2) is 14.1. The summed E-state index contributed by atoms with van der Waals surface area (Å²) in [4.78, 5) is 2.42. The number of rotatable bonds is 7. The molecule has 0 radical (unpaired) electrons. The van der Waals surface area contributed by atoms with Gasteiger partial charge in [-0.1, -0.05) is 170 Å². The molecule has 2 nitrogen and oxygen atoms in total. The van der Waals surface area contributed by atoms with E-state index in [2.05, 4.69) is 240 Å². The molecule has 11 aromatic rings. The molecule has 0 saturated carbocycles. The molecule has 0 aliphatic carbocycles. The summed E-state index contributed by atoms with van der Waals surface area (Å²) in [5, 5.41) is 7.44. The maximum atomic E-state index is 2.42. The van der Waals surface area contributed by atoms with Crippen LogP contribution in [0.5, 0.6) is 0 Å². The molecule has 0 fully saturated rings. The molecule has 0 unspecified atom stereocenters. The predicted molar refractivity (Wildman–Crippen MR) is 247 cm³/mol. The van der Waals surface area contributed by atoms with Crippen LogP contribution < -0.4 is 4.90 Å². The van der Waals surface area contributed by atoms with Crippen LogP contribution in [0.15, 0.2) is 231 Å². The zero-order valence-corrected chi connectivity index (χ0v) is 31.8. The van der Waals surface area contributed by atoms with Gasteiger partial charge in [0.15, 0.2) is 0 Å². The third-order valence-corrected chi connectivity index (χ3v) is 11.5. The molecule has 10 aromatic carbocycles. The third kappa shape index (κ3) is 5.74. The highest BCUT2D eigenvalue weighted by atomic mass is 15.1. The number of para-hydroxylation sites is 3. The van der Waals surface area contributed by atoms with Crippen molar-refractivity contribution in [2.24, 2.45) is 0 Å². The lowest BCUT2D eigenvalue weighted by molar-refractivity contribution is 1.18. The van der Waals surface area contributed by atoms with Crippen molar-refractivity contribution in [2.45, 2.75) is 0 Å². The number of fused-ring (bicyclic) bond motifs is 5. The second-order valence-corrected chi connectivity index (χ2v) is 14.9. The lowest BCUT2D eigenvalue weighted by Crippen LogP contribution is -2.11. The normalized spacial score (nSPS) is 11.4. The summed E-state index contributed by atoms with van der Waals surface area (Å²) in [6.07, 6.45) is 0. The standard InChI is InChI=1S/C56H38N2/c1-3-17-41(18-4-1)49-25-11-13-28-52(49)57(47-34-32-40(33-35-47)43-31-30-39-16-7-8-19-42(39)36-43)48-24-15-21-45(37-48)55-50-26-10-9-20-44(50)38-54-56(55)51-27-12-14-29-53(51)58(54)46-22-5-2-6-23-46/h1-38H. The first-order valence-corrected chi connectivity index (χ1v) is 19.9. The molecule has 0 N–H and O–H groups in total. The quantitative estimate of drug-likeness (QED) is 0.158. The summed E-state index contributed by atoms with van der Waals surface area (Å²) in [5.74, 6) is 0. The molecular weight excluding hydrogens is 701 g/mol. The van der Waals surface area contributed by atoms with Gasteiger partial charge in [-0.15, -0.1) is 0 Å². The molecule has 0 aliphatic heterocycles. The van der Waals surface area contributed by atoms with Crippen molar-refractivity contribution in [3.63, 3.8) is 0 Å². The van der Waals surface area contributed by atoms with Gasteiger partial charge in [0.25, 0.3) is 0 Å². The monoisotopic (exact) mass is 738 g/mol. The van der Waals surface area contributed by atoms with Gasteiger partial charge in [-0.25, -0.2) is 0 Å². The van der Waals surface area contributed by atoms with Gasteiger partial charge in [0, 0.05) is 33.4 Å². The highest BCUT2D eigenvalue weighted by Gasteiger charge is 2.22. The Morgan fingerprint density at radius 3 is 1.79 bits per heavy atom. The van der Waals surface area contributed by atoms with E-state index < -0.39 is 0 Å². The van der Waals surface area contributed by atoms with Crippen LogP contribution in [0.3, 0.4) is 0 Å². The van der Waals surface area contributed by atoms with E-state index in [0.29, 0.717) is 0 Å². The van der Waals surface area contributed by atoms with Crippen molar-refractivity contribution in [1.29, 1.82) is 0 Å². The summed E-state index contributed by atoms with van der Waals surface area (Å²) in [6, 6.07) is 83.7. The van der Waals surface area contributed by atoms with Gasteiger partial charge in [0.2, 0.25) is 0 Å². The fraction of sp³-hybridized carbons (Fsp3) is 0. The maximum Gasteiger partial charge on any atom is 0.0553 e. The van der Waals surface area contributed by atoms with E-state index in [0.717, 1.165) is 22.7 Å². The first-order valence-electron chi connectivity index (χ1n) is 19.9. The minimum atomic E-state index is 1.09. The lowest BCUT2D eigenvalue weighted by Gasteiger charge is -2.28. The van der Waals surface area contributed by atoms with Crippen molar-refractivity contribution >= 4 is 60.4 Å².